The average Bonchev–Trinajstić information content (AvgIpc) is 2.73. The van der Waals surface area contributed by atoms with Gasteiger partial charge in [0, 0.05) is 30.9 Å². The zero-order chi connectivity index (χ0) is 17.0. The molecule has 124 valence electrons. The Morgan fingerprint density at radius 2 is 2.04 bits per heavy atom. The van der Waals surface area contributed by atoms with Gasteiger partial charge in [-0.15, -0.1) is 0 Å². The monoisotopic (exact) mass is 314 g/mol. The molecule has 0 radical (unpaired) electrons. The summed E-state index contributed by atoms with van der Waals surface area (Å²) >= 11 is 0. The number of benzene rings is 1. The van der Waals surface area contributed by atoms with Crippen molar-refractivity contribution >= 4 is 11.6 Å². The van der Waals surface area contributed by atoms with Crippen LogP contribution < -0.4 is 11.1 Å². The van der Waals surface area contributed by atoms with Gasteiger partial charge < -0.3 is 11.1 Å². The Hall–Kier alpha value is -2.30. The molecule has 2 aromatic rings. The van der Waals surface area contributed by atoms with Crippen molar-refractivity contribution in [1.29, 1.82) is 0 Å². The van der Waals surface area contributed by atoms with Crippen LogP contribution in [0.1, 0.15) is 35.9 Å². The number of hydrogen-bond donors (Lipinski definition) is 2. The molecule has 3 N–H and O–H groups in total. The number of amides is 1. The maximum Gasteiger partial charge on any atom is 0.220 e. The van der Waals surface area contributed by atoms with Crippen molar-refractivity contribution in [2.75, 3.05) is 5.73 Å². The number of aryl methyl sites for hydroxylation is 3. The predicted octanol–water partition coefficient (Wildman–Crippen LogP) is 2.30. The number of rotatable bonds is 6. The molecule has 0 bridgehead atoms. The molecular formula is C18H26N4O. The molecule has 5 nitrogen and oxygen atoms in total. The summed E-state index contributed by atoms with van der Waals surface area (Å²) in [6.45, 7) is 6.10. The summed E-state index contributed by atoms with van der Waals surface area (Å²) in [4.78, 5) is 12.1. The summed E-state index contributed by atoms with van der Waals surface area (Å²) in [5.74, 6) is 0.0555. The lowest BCUT2D eigenvalue weighted by Crippen LogP contribution is -2.34. The van der Waals surface area contributed by atoms with E-state index < -0.39 is 0 Å². The number of hydrogen-bond acceptors (Lipinski definition) is 3. The Balaban J connectivity index is 1.86. The van der Waals surface area contributed by atoms with Gasteiger partial charge in [-0.1, -0.05) is 18.2 Å². The standard InChI is InChI=1S/C18H26N4O/c1-12(11-16-13(2)21-22(4)14(16)3)20-18(23)10-9-15-7-5-6-8-17(15)19/h5-8,12H,9-11,19H2,1-4H3,(H,20,23). The topological polar surface area (TPSA) is 72.9 Å². The van der Waals surface area contributed by atoms with E-state index in [1.807, 2.05) is 49.8 Å². The molecule has 1 atom stereocenters. The number of nitrogens with zero attached hydrogens (tertiary/aromatic N) is 2. The van der Waals surface area contributed by atoms with E-state index in [1.54, 1.807) is 0 Å². The lowest BCUT2D eigenvalue weighted by atomic mass is 10.0. The maximum absolute atomic E-state index is 12.1. The van der Waals surface area contributed by atoms with Crippen LogP contribution in [-0.2, 0) is 24.7 Å². The van der Waals surface area contributed by atoms with Crippen molar-refractivity contribution < 1.29 is 4.79 Å². The summed E-state index contributed by atoms with van der Waals surface area (Å²) in [5, 5.41) is 7.48. The molecule has 1 heterocycles. The summed E-state index contributed by atoms with van der Waals surface area (Å²) in [6.07, 6.45) is 1.91. The molecule has 0 saturated carbocycles. The molecule has 1 aromatic carbocycles. The summed E-state index contributed by atoms with van der Waals surface area (Å²) < 4.78 is 1.89. The van der Waals surface area contributed by atoms with Crippen molar-refractivity contribution in [3.8, 4) is 0 Å². The zero-order valence-electron chi connectivity index (χ0n) is 14.4. The summed E-state index contributed by atoms with van der Waals surface area (Å²) in [5.41, 5.74) is 11.1. The normalized spacial score (nSPS) is 12.2. The van der Waals surface area contributed by atoms with Crippen molar-refractivity contribution in [2.45, 2.75) is 46.1 Å². The van der Waals surface area contributed by atoms with Crippen molar-refractivity contribution in [3.05, 3.63) is 46.8 Å². The number of nitrogens with one attached hydrogen (secondary N) is 1. The van der Waals surface area contributed by atoms with Gasteiger partial charge in [0.25, 0.3) is 0 Å². The second kappa shape index (κ2) is 7.31. The predicted molar refractivity (Wildman–Crippen MR) is 93.2 cm³/mol. The molecule has 23 heavy (non-hydrogen) atoms. The fourth-order valence-corrected chi connectivity index (χ4v) is 2.83. The average molecular weight is 314 g/mol. The minimum Gasteiger partial charge on any atom is -0.399 e. The van der Waals surface area contributed by atoms with E-state index in [4.69, 9.17) is 5.73 Å². The molecule has 2 rings (SSSR count). The summed E-state index contributed by atoms with van der Waals surface area (Å²) in [7, 11) is 1.94. The molecule has 0 aliphatic rings. The van der Waals surface area contributed by atoms with Crippen LogP contribution in [0.25, 0.3) is 0 Å². The molecule has 0 fully saturated rings. The Morgan fingerprint density at radius 3 is 2.65 bits per heavy atom. The minimum atomic E-state index is 0.0555. The van der Waals surface area contributed by atoms with Crippen molar-refractivity contribution in [3.63, 3.8) is 0 Å². The molecule has 5 heteroatoms. The first-order valence-electron chi connectivity index (χ1n) is 8.00. The van der Waals surface area contributed by atoms with Gasteiger partial charge in [-0.05, 0) is 50.8 Å². The van der Waals surface area contributed by atoms with Gasteiger partial charge in [0.05, 0.1) is 5.69 Å². The van der Waals surface area contributed by atoms with E-state index in [9.17, 15) is 4.79 Å². The third-order valence-electron chi connectivity index (χ3n) is 4.25. The van der Waals surface area contributed by atoms with Crippen LogP contribution in [0.15, 0.2) is 24.3 Å². The maximum atomic E-state index is 12.1. The highest BCUT2D eigenvalue weighted by Gasteiger charge is 2.14. The van der Waals surface area contributed by atoms with Crippen LogP contribution >= 0.6 is 0 Å². The van der Waals surface area contributed by atoms with Gasteiger partial charge in [0.15, 0.2) is 0 Å². The largest absolute Gasteiger partial charge is 0.399 e. The third-order valence-corrected chi connectivity index (χ3v) is 4.25. The van der Waals surface area contributed by atoms with Gasteiger partial charge in [0.2, 0.25) is 5.91 Å². The number of nitrogen functional groups attached to an aromatic ring is 1. The van der Waals surface area contributed by atoms with Crippen LogP contribution in [0.3, 0.4) is 0 Å². The van der Waals surface area contributed by atoms with E-state index in [1.165, 1.54) is 5.56 Å². The molecule has 1 amide bonds. The van der Waals surface area contributed by atoms with Gasteiger partial charge in [-0.3, -0.25) is 9.48 Å². The van der Waals surface area contributed by atoms with E-state index in [0.29, 0.717) is 12.8 Å². The SMILES string of the molecule is Cc1nn(C)c(C)c1CC(C)NC(=O)CCc1ccccc1N. The minimum absolute atomic E-state index is 0.0555. The first-order chi connectivity index (χ1) is 10.9. The number of carbonyl (C=O) groups excluding carboxylic acids is 1. The smallest absolute Gasteiger partial charge is 0.220 e. The number of nitrogens with two attached hydrogens (primary N) is 1. The first kappa shape index (κ1) is 17.1. The quantitative estimate of drug-likeness (QED) is 0.804. The summed E-state index contributed by atoms with van der Waals surface area (Å²) in [6, 6.07) is 7.76. The highest BCUT2D eigenvalue weighted by atomic mass is 16.1. The van der Waals surface area contributed by atoms with Crippen LogP contribution in [0.5, 0.6) is 0 Å². The Bertz CT molecular complexity index is 690. The molecule has 0 aliphatic carbocycles. The molecule has 0 saturated heterocycles. The highest BCUT2D eigenvalue weighted by molar-refractivity contribution is 5.76. The molecule has 1 unspecified atom stereocenters. The van der Waals surface area contributed by atoms with E-state index in [-0.39, 0.29) is 11.9 Å². The number of anilines is 1. The number of aromatic nitrogens is 2. The lowest BCUT2D eigenvalue weighted by molar-refractivity contribution is -0.121. The third kappa shape index (κ3) is 4.34. The first-order valence-corrected chi connectivity index (χ1v) is 8.00. The van der Waals surface area contributed by atoms with Gasteiger partial charge >= 0.3 is 0 Å². The fraction of sp³-hybridized carbons (Fsp3) is 0.444. The molecule has 0 aliphatic heterocycles. The Morgan fingerprint density at radius 1 is 1.35 bits per heavy atom. The molecule has 1 aromatic heterocycles. The zero-order valence-corrected chi connectivity index (χ0v) is 14.4. The van der Waals surface area contributed by atoms with Crippen LogP contribution in [0.4, 0.5) is 5.69 Å². The van der Waals surface area contributed by atoms with E-state index >= 15 is 0 Å². The van der Waals surface area contributed by atoms with Crippen LogP contribution in [0.2, 0.25) is 0 Å². The van der Waals surface area contributed by atoms with E-state index in [0.717, 1.165) is 29.1 Å². The molecular weight excluding hydrogens is 288 g/mol. The number of carbonyl (C=O) groups is 1. The number of para-hydroxylation sites is 1. The van der Waals surface area contributed by atoms with Crippen molar-refractivity contribution in [1.82, 2.24) is 15.1 Å². The fourth-order valence-electron chi connectivity index (χ4n) is 2.83. The van der Waals surface area contributed by atoms with Crippen molar-refractivity contribution in [2.24, 2.45) is 7.05 Å². The lowest BCUT2D eigenvalue weighted by Gasteiger charge is -2.14. The van der Waals surface area contributed by atoms with Gasteiger partial charge in [-0.25, -0.2) is 0 Å². The molecule has 0 spiro atoms. The van der Waals surface area contributed by atoms with Crippen LogP contribution in [-0.4, -0.2) is 21.7 Å². The Labute approximate surface area is 137 Å². The van der Waals surface area contributed by atoms with Gasteiger partial charge in [0.1, 0.15) is 0 Å². The highest BCUT2D eigenvalue weighted by Crippen LogP contribution is 2.15. The second-order valence-corrected chi connectivity index (χ2v) is 6.14. The van der Waals surface area contributed by atoms with E-state index in [2.05, 4.69) is 17.3 Å². The van der Waals surface area contributed by atoms with Gasteiger partial charge in [-0.2, -0.15) is 5.10 Å². The second-order valence-electron chi connectivity index (χ2n) is 6.14. The van der Waals surface area contributed by atoms with Crippen LogP contribution in [0, 0.1) is 13.8 Å². The Kier molecular flexibility index (Phi) is 5.42.